The zero-order valence-corrected chi connectivity index (χ0v) is 19.3. The zero-order chi connectivity index (χ0) is 23.1. The third-order valence-corrected chi connectivity index (χ3v) is 5.90. The Labute approximate surface area is 189 Å². The first-order valence-electron chi connectivity index (χ1n) is 11.6. The number of nitrogens with zero attached hydrogens (tertiary/aromatic N) is 2. The van der Waals surface area contributed by atoms with Gasteiger partial charge in [0.25, 0.3) is 0 Å². The van der Waals surface area contributed by atoms with E-state index in [0.717, 1.165) is 25.2 Å². The molecule has 3 rings (SSSR count). The molecule has 0 amide bonds. The first-order chi connectivity index (χ1) is 15.2. The molecule has 0 bridgehead atoms. The van der Waals surface area contributed by atoms with E-state index in [2.05, 4.69) is 10.1 Å². The number of carbonyl (C=O) groups excluding carboxylic acids is 1. The zero-order valence-electron chi connectivity index (χ0n) is 19.3. The van der Waals surface area contributed by atoms with Crippen molar-refractivity contribution in [2.45, 2.75) is 90.1 Å². The van der Waals surface area contributed by atoms with Gasteiger partial charge in [0.2, 0.25) is 11.7 Å². The van der Waals surface area contributed by atoms with Crippen molar-refractivity contribution in [3.63, 3.8) is 0 Å². The van der Waals surface area contributed by atoms with Crippen LogP contribution < -0.4 is 0 Å². The lowest BCUT2D eigenvalue weighted by Crippen LogP contribution is -2.25. The smallest absolute Gasteiger partial charge is 0.335 e. The summed E-state index contributed by atoms with van der Waals surface area (Å²) in [6, 6.07) is 6.33. The van der Waals surface area contributed by atoms with Gasteiger partial charge in [-0.3, -0.25) is 4.79 Å². The van der Waals surface area contributed by atoms with Gasteiger partial charge in [-0.1, -0.05) is 62.2 Å². The quantitative estimate of drug-likeness (QED) is 0.475. The van der Waals surface area contributed by atoms with Gasteiger partial charge in [0, 0.05) is 11.5 Å². The molecule has 32 heavy (non-hydrogen) atoms. The summed E-state index contributed by atoms with van der Waals surface area (Å²) in [4.78, 5) is 28.1. The maximum atomic E-state index is 12.5. The number of esters is 1. The van der Waals surface area contributed by atoms with Crippen LogP contribution in [0.4, 0.5) is 0 Å². The molecule has 1 aliphatic carbocycles. The van der Waals surface area contributed by atoms with Gasteiger partial charge in [-0.15, -0.1) is 0 Å². The summed E-state index contributed by atoms with van der Waals surface area (Å²) in [5, 5.41) is 13.1. The summed E-state index contributed by atoms with van der Waals surface area (Å²) in [6.07, 6.45) is 9.72. The molecule has 7 heteroatoms. The van der Waals surface area contributed by atoms with Crippen molar-refractivity contribution in [1.29, 1.82) is 0 Å². The number of hydrogen-bond donors (Lipinski definition) is 1. The molecular formula is C25H34N2O5. The molecular weight excluding hydrogens is 408 g/mol. The van der Waals surface area contributed by atoms with E-state index >= 15 is 0 Å². The summed E-state index contributed by atoms with van der Waals surface area (Å²) < 4.78 is 11.1. The van der Waals surface area contributed by atoms with Crippen molar-refractivity contribution >= 4 is 11.9 Å². The molecule has 1 aliphatic rings. The third-order valence-electron chi connectivity index (χ3n) is 5.90. The Morgan fingerprint density at radius 2 is 1.84 bits per heavy atom. The van der Waals surface area contributed by atoms with Crippen LogP contribution in [0.25, 0.3) is 11.4 Å². The Hall–Kier alpha value is -2.70. The molecule has 1 aromatic heterocycles. The number of hydrogen-bond acceptors (Lipinski definition) is 6. The summed E-state index contributed by atoms with van der Waals surface area (Å²) in [7, 11) is 0. The number of carbonyl (C=O) groups is 2. The van der Waals surface area contributed by atoms with Crippen molar-refractivity contribution in [3.05, 3.63) is 35.7 Å². The normalized spacial score (nSPS) is 16.0. The van der Waals surface area contributed by atoms with Crippen molar-refractivity contribution in [3.8, 4) is 11.4 Å². The summed E-state index contributed by atoms with van der Waals surface area (Å²) in [5.41, 5.74) is 0.321. The fraction of sp³-hybridized carbons (Fsp3) is 0.600. The standard InChI is InChI=1S/C25H34N2O5/c1-25(2,3)31-21(28)16-20(11-7-10-17-8-5-4-6-9-17)23-26-22(27-32-23)18-12-14-19(15-13-18)24(29)30/h12-15,17,20H,4-11,16H2,1-3H3,(H,29,30)/t20-/m0/s1. The molecule has 174 valence electrons. The molecule has 2 aromatic rings. The highest BCUT2D eigenvalue weighted by Crippen LogP contribution is 2.32. The van der Waals surface area contributed by atoms with Crippen LogP contribution in [0.3, 0.4) is 0 Å². The molecule has 1 atom stereocenters. The average molecular weight is 443 g/mol. The minimum atomic E-state index is -0.985. The Morgan fingerprint density at radius 3 is 2.47 bits per heavy atom. The first kappa shape index (κ1) is 24.0. The monoisotopic (exact) mass is 442 g/mol. The van der Waals surface area contributed by atoms with Crippen molar-refractivity contribution in [2.24, 2.45) is 5.92 Å². The first-order valence-corrected chi connectivity index (χ1v) is 11.6. The van der Waals surface area contributed by atoms with E-state index in [-0.39, 0.29) is 23.9 Å². The molecule has 0 spiro atoms. The van der Waals surface area contributed by atoms with Crippen LogP contribution in [0.15, 0.2) is 28.8 Å². The van der Waals surface area contributed by atoms with E-state index in [1.165, 1.54) is 44.2 Å². The molecule has 0 saturated heterocycles. The van der Waals surface area contributed by atoms with Crippen LogP contribution >= 0.6 is 0 Å². The second-order valence-electron chi connectivity index (χ2n) is 9.76. The summed E-state index contributed by atoms with van der Waals surface area (Å²) in [5.74, 6) is 0.131. The average Bonchev–Trinajstić information content (AvgIpc) is 3.23. The van der Waals surface area contributed by atoms with Crippen LogP contribution in [0, 0.1) is 5.92 Å². The van der Waals surface area contributed by atoms with Crippen LogP contribution in [-0.2, 0) is 9.53 Å². The number of carboxylic acid groups (broad SMARTS) is 1. The van der Waals surface area contributed by atoms with Gasteiger partial charge in [-0.25, -0.2) is 4.79 Å². The van der Waals surface area contributed by atoms with E-state index in [1.807, 2.05) is 20.8 Å². The van der Waals surface area contributed by atoms with Crippen molar-refractivity contribution < 1.29 is 24.0 Å². The number of aromatic nitrogens is 2. The predicted octanol–water partition coefficient (Wildman–Crippen LogP) is 6.00. The second kappa shape index (κ2) is 10.7. The highest BCUT2D eigenvalue weighted by atomic mass is 16.6. The highest BCUT2D eigenvalue weighted by molar-refractivity contribution is 5.88. The Balaban J connectivity index is 1.69. The molecule has 0 aliphatic heterocycles. The van der Waals surface area contributed by atoms with Gasteiger partial charge in [-0.05, 0) is 45.2 Å². The van der Waals surface area contributed by atoms with Gasteiger partial charge < -0.3 is 14.4 Å². The van der Waals surface area contributed by atoms with Gasteiger partial charge in [0.15, 0.2) is 0 Å². The number of benzene rings is 1. The molecule has 1 heterocycles. The minimum absolute atomic E-state index is 0.196. The van der Waals surface area contributed by atoms with Crippen LogP contribution in [0.2, 0.25) is 0 Å². The Bertz CT molecular complexity index is 892. The van der Waals surface area contributed by atoms with Gasteiger partial charge in [0.1, 0.15) is 5.60 Å². The van der Waals surface area contributed by atoms with Gasteiger partial charge in [0.05, 0.1) is 12.0 Å². The maximum absolute atomic E-state index is 12.5. The number of rotatable bonds is 9. The molecule has 1 fully saturated rings. The molecule has 0 unspecified atom stereocenters. The fourth-order valence-electron chi connectivity index (χ4n) is 4.31. The maximum Gasteiger partial charge on any atom is 0.335 e. The molecule has 1 N–H and O–H groups in total. The van der Waals surface area contributed by atoms with Gasteiger partial charge in [-0.2, -0.15) is 4.98 Å². The molecule has 7 nitrogen and oxygen atoms in total. The van der Waals surface area contributed by atoms with E-state index in [4.69, 9.17) is 14.4 Å². The molecule has 1 aromatic carbocycles. The van der Waals surface area contributed by atoms with E-state index in [9.17, 15) is 9.59 Å². The lowest BCUT2D eigenvalue weighted by molar-refractivity contribution is -0.155. The van der Waals surface area contributed by atoms with E-state index in [1.54, 1.807) is 12.1 Å². The Kier molecular flexibility index (Phi) is 8.04. The van der Waals surface area contributed by atoms with Crippen LogP contribution in [-0.4, -0.2) is 32.8 Å². The van der Waals surface area contributed by atoms with Gasteiger partial charge >= 0.3 is 11.9 Å². The largest absolute Gasteiger partial charge is 0.478 e. The molecule has 1 saturated carbocycles. The second-order valence-corrected chi connectivity index (χ2v) is 9.76. The van der Waals surface area contributed by atoms with Crippen LogP contribution in [0.5, 0.6) is 0 Å². The molecule has 0 radical (unpaired) electrons. The van der Waals surface area contributed by atoms with E-state index in [0.29, 0.717) is 17.3 Å². The lowest BCUT2D eigenvalue weighted by atomic mass is 9.84. The SMILES string of the molecule is CC(C)(C)OC(=O)C[C@H](CCCC1CCCCC1)c1nc(-c2ccc(C(=O)O)cc2)no1. The minimum Gasteiger partial charge on any atom is -0.478 e. The fourth-order valence-corrected chi connectivity index (χ4v) is 4.31. The van der Waals surface area contributed by atoms with Crippen molar-refractivity contribution in [2.75, 3.05) is 0 Å². The summed E-state index contributed by atoms with van der Waals surface area (Å²) >= 11 is 0. The third kappa shape index (κ3) is 7.18. The predicted molar refractivity (Wildman–Crippen MR) is 120 cm³/mol. The lowest BCUT2D eigenvalue weighted by Gasteiger charge is -2.23. The number of ether oxygens (including phenoxy) is 1. The number of carboxylic acids is 1. The van der Waals surface area contributed by atoms with Crippen LogP contribution in [0.1, 0.15) is 101 Å². The summed E-state index contributed by atoms with van der Waals surface area (Å²) in [6.45, 7) is 5.57. The Morgan fingerprint density at radius 1 is 1.16 bits per heavy atom. The highest BCUT2D eigenvalue weighted by Gasteiger charge is 2.26. The van der Waals surface area contributed by atoms with E-state index < -0.39 is 11.6 Å². The topological polar surface area (TPSA) is 103 Å². The number of aromatic carboxylic acids is 1. The van der Waals surface area contributed by atoms with Crippen molar-refractivity contribution in [1.82, 2.24) is 10.1 Å².